The third-order valence-electron chi connectivity index (χ3n) is 12.4. The van der Waals surface area contributed by atoms with Gasteiger partial charge < -0.3 is 9.80 Å². The van der Waals surface area contributed by atoms with Gasteiger partial charge in [-0.05, 0) is 163 Å². The highest BCUT2D eigenvalue weighted by Crippen LogP contribution is 2.48. The van der Waals surface area contributed by atoms with E-state index in [9.17, 15) is 0 Å². The number of aryl methyl sites for hydroxylation is 3. The van der Waals surface area contributed by atoms with Crippen LogP contribution in [0.2, 0.25) is 0 Å². The maximum Gasteiger partial charge on any atom is 0.252 e. The van der Waals surface area contributed by atoms with Crippen LogP contribution in [0.3, 0.4) is 0 Å². The molecule has 2 aliphatic rings. The Labute approximate surface area is 345 Å². The molecule has 0 aliphatic carbocycles. The fraction of sp³-hybridized carbons (Fsp3) is 0.283. The Balaban J connectivity index is 1.37. The zero-order valence-corrected chi connectivity index (χ0v) is 36.7. The van der Waals surface area contributed by atoms with Crippen LogP contribution in [0.5, 0.6) is 0 Å². The first-order valence-electron chi connectivity index (χ1n) is 20.6. The Kier molecular flexibility index (Phi) is 8.54. The molecule has 2 aliphatic heterocycles. The minimum atomic E-state index is -0.00501. The quantitative estimate of drug-likeness (QED) is 0.165. The van der Waals surface area contributed by atoms with Crippen LogP contribution in [-0.2, 0) is 16.2 Å². The minimum Gasteiger partial charge on any atom is -0.311 e. The van der Waals surface area contributed by atoms with Gasteiger partial charge in [0.25, 0.3) is 6.71 Å². The summed E-state index contributed by atoms with van der Waals surface area (Å²) in [6.07, 6.45) is 0. The van der Waals surface area contributed by atoms with E-state index in [0.29, 0.717) is 0 Å². The van der Waals surface area contributed by atoms with Gasteiger partial charge in [0, 0.05) is 33.1 Å². The van der Waals surface area contributed by atoms with E-state index in [-0.39, 0.29) is 23.0 Å². The Bertz CT molecular complexity index is 2710. The molecule has 0 spiro atoms. The largest absolute Gasteiger partial charge is 0.311 e. The monoisotopic (exact) mass is 762 g/mol. The molecule has 0 amide bonds. The predicted molar refractivity (Wildman–Crippen MR) is 252 cm³/mol. The van der Waals surface area contributed by atoms with Crippen molar-refractivity contribution in [1.29, 1.82) is 0 Å². The summed E-state index contributed by atoms with van der Waals surface area (Å²) in [6, 6.07) is 42.8. The molecule has 0 unspecified atom stereocenters. The zero-order valence-electron chi connectivity index (χ0n) is 35.8. The van der Waals surface area contributed by atoms with Crippen molar-refractivity contribution < 1.29 is 0 Å². The van der Waals surface area contributed by atoms with Crippen molar-refractivity contribution in [2.75, 3.05) is 9.80 Å². The fourth-order valence-corrected chi connectivity index (χ4v) is 10.1. The number of rotatable bonds is 3. The van der Waals surface area contributed by atoms with Crippen LogP contribution in [0.25, 0.3) is 21.2 Å². The topological polar surface area (TPSA) is 6.48 Å². The second-order valence-corrected chi connectivity index (χ2v) is 20.7. The van der Waals surface area contributed by atoms with E-state index in [0.717, 1.165) is 0 Å². The second-order valence-electron chi connectivity index (χ2n) is 19.8. The normalized spacial score (nSPS) is 13.9. The molecule has 0 N–H and O–H groups in total. The summed E-state index contributed by atoms with van der Waals surface area (Å²) in [6.45, 7) is 27.8. The molecule has 7 aromatic rings. The summed E-state index contributed by atoms with van der Waals surface area (Å²) in [5.41, 5.74) is 22.1. The average Bonchev–Trinajstić information content (AvgIpc) is 3.62. The fourth-order valence-electron chi connectivity index (χ4n) is 9.31. The summed E-state index contributed by atoms with van der Waals surface area (Å²) in [5.74, 6) is 0. The number of hydrogen-bond acceptors (Lipinski definition) is 3. The average molecular weight is 763 g/mol. The number of thiophene rings is 1. The lowest BCUT2D eigenvalue weighted by molar-refractivity contribution is 0.589. The first kappa shape index (κ1) is 37.5. The lowest BCUT2D eigenvalue weighted by atomic mass is 9.33. The van der Waals surface area contributed by atoms with E-state index in [1.54, 1.807) is 0 Å². The van der Waals surface area contributed by atoms with Gasteiger partial charge in [-0.15, -0.1) is 11.3 Å². The minimum absolute atomic E-state index is 0.00501. The van der Waals surface area contributed by atoms with E-state index >= 15 is 0 Å². The van der Waals surface area contributed by atoms with Crippen LogP contribution >= 0.6 is 11.3 Å². The molecule has 2 nitrogen and oxygen atoms in total. The van der Waals surface area contributed by atoms with Crippen LogP contribution < -0.4 is 26.2 Å². The number of fused-ring (bicyclic) bond motifs is 5. The van der Waals surface area contributed by atoms with Gasteiger partial charge in [0.15, 0.2) is 0 Å². The summed E-state index contributed by atoms with van der Waals surface area (Å²) in [4.78, 5) is 5.16. The molecule has 3 heterocycles. The predicted octanol–water partition coefficient (Wildman–Crippen LogP) is 13.5. The van der Waals surface area contributed by atoms with Crippen LogP contribution in [0, 0.1) is 20.8 Å². The molecular formula is C53H55BN2S. The number of nitrogens with zero attached hydrogens (tertiary/aromatic N) is 2. The molecule has 4 heteroatoms. The summed E-state index contributed by atoms with van der Waals surface area (Å²) >= 11 is 1.81. The summed E-state index contributed by atoms with van der Waals surface area (Å²) in [7, 11) is 0. The van der Waals surface area contributed by atoms with Crippen molar-refractivity contribution >= 4 is 78.6 Å². The third kappa shape index (κ3) is 6.23. The van der Waals surface area contributed by atoms with Gasteiger partial charge in [-0.1, -0.05) is 117 Å². The first-order chi connectivity index (χ1) is 26.9. The van der Waals surface area contributed by atoms with Gasteiger partial charge in [0.2, 0.25) is 0 Å². The van der Waals surface area contributed by atoms with Crippen molar-refractivity contribution in [2.24, 2.45) is 0 Å². The van der Waals surface area contributed by atoms with Gasteiger partial charge in [0.05, 0.1) is 5.69 Å². The maximum atomic E-state index is 2.61. The highest BCUT2D eigenvalue weighted by Gasteiger charge is 2.44. The van der Waals surface area contributed by atoms with Crippen LogP contribution in [-0.4, -0.2) is 6.71 Å². The van der Waals surface area contributed by atoms with Crippen molar-refractivity contribution in [3.05, 3.63) is 148 Å². The van der Waals surface area contributed by atoms with E-state index in [2.05, 4.69) is 207 Å². The molecule has 0 saturated heterocycles. The van der Waals surface area contributed by atoms with Gasteiger partial charge in [-0.25, -0.2) is 0 Å². The molecule has 0 radical (unpaired) electrons. The molecular weight excluding hydrogens is 707 g/mol. The molecule has 57 heavy (non-hydrogen) atoms. The molecule has 9 rings (SSSR count). The van der Waals surface area contributed by atoms with Crippen molar-refractivity contribution in [3.63, 3.8) is 0 Å². The van der Waals surface area contributed by atoms with E-state index < -0.39 is 0 Å². The zero-order chi connectivity index (χ0) is 40.3. The first-order valence-corrected chi connectivity index (χ1v) is 21.5. The van der Waals surface area contributed by atoms with Crippen molar-refractivity contribution in [1.82, 2.24) is 0 Å². The van der Waals surface area contributed by atoms with Crippen molar-refractivity contribution in [2.45, 2.75) is 99.3 Å². The molecule has 0 atom stereocenters. The van der Waals surface area contributed by atoms with Gasteiger partial charge in [-0.3, -0.25) is 0 Å². The van der Waals surface area contributed by atoms with Crippen LogP contribution in [0.15, 0.2) is 115 Å². The van der Waals surface area contributed by atoms with E-state index in [1.807, 2.05) is 11.3 Å². The second kappa shape index (κ2) is 13.0. The van der Waals surface area contributed by atoms with Crippen molar-refractivity contribution in [3.8, 4) is 11.1 Å². The number of hydrogen-bond donors (Lipinski definition) is 0. The Morgan fingerprint density at radius 3 is 1.67 bits per heavy atom. The number of benzene rings is 6. The highest BCUT2D eigenvalue weighted by molar-refractivity contribution is 7.17. The molecule has 0 bridgehead atoms. The van der Waals surface area contributed by atoms with Gasteiger partial charge >= 0.3 is 0 Å². The Hall–Kier alpha value is -5.06. The Morgan fingerprint density at radius 1 is 0.474 bits per heavy atom. The van der Waals surface area contributed by atoms with Crippen LogP contribution in [0.1, 0.15) is 95.7 Å². The summed E-state index contributed by atoms with van der Waals surface area (Å²) in [5, 5.41) is 3.50. The lowest BCUT2D eigenvalue weighted by Crippen LogP contribution is -2.61. The summed E-state index contributed by atoms with van der Waals surface area (Å²) < 4.78 is 1.33. The highest BCUT2D eigenvalue weighted by atomic mass is 32.1. The van der Waals surface area contributed by atoms with E-state index in [1.165, 1.54) is 105 Å². The number of anilines is 6. The third-order valence-corrected chi connectivity index (χ3v) is 13.3. The standard InChI is InChI=1S/C53H55BN2S/c1-32-25-46-49-47(26-32)56(50-33(2)27-40(28-34(50)3)53(10,11)12)45-20-13-36(35-14-22-48-37(29-35)23-24-57-48)30-42(45)54(49)43-31-39(52(7,8)9)17-21-44(43)55(46)41-18-15-38(16-19-41)51(4,5)6/h13-31H,1-12H3. The smallest absolute Gasteiger partial charge is 0.252 e. The van der Waals surface area contributed by atoms with Gasteiger partial charge in [-0.2, -0.15) is 0 Å². The SMILES string of the molecule is Cc1cc2c3c(c1)N(c1c(C)cc(C(C)(C)C)cc1C)c1ccc(-c4ccc5sccc5c4)cc1B3c1cc(C(C)(C)C)ccc1N2c1ccc(C(C)(C)C)cc1. The lowest BCUT2D eigenvalue weighted by Gasteiger charge is -2.45. The molecule has 286 valence electrons. The molecule has 0 fully saturated rings. The molecule has 6 aromatic carbocycles. The van der Waals surface area contributed by atoms with Crippen LogP contribution in [0.4, 0.5) is 34.1 Å². The van der Waals surface area contributed by atoms with E-state index in [4.69, 9.17) is 0 Å². The molecule has 0 saturated carbocycles. The maximum absolute atomic E-state index is 2.61. The molecule has 1 aromatic heterocycles. The Morgan fingerprint density at radius 2 is 1.02 bits per heavy atom. The van der Waals surface area contributed by atoms with Gasteiger partial charge in [0.1, 0.15) is 0 Å².